The normalized spacial score (nSPS) is 11.5. The van der Waals surface area contributed by atoms with Crippen molar-refractivity contribution in [2.45, 2.75) is 52.2 Å². The number of hydrogen-bond donors (Lipinski definition) is 1. The van der Waals surface area contributed by atoms with Gasteiger partial charge in [0.25, 0.3) is 0 Å². The van der Waals surface area contributed by atoms with Crippen LogP contribution < -0.4 is 15.2 Å². The number of carboxylic acids is 1. The third kappa shape index (κ3) is 7.31. The van der Waals surface area contributed by atoms with Crippen LogP contribution in [0.3, 0.4) is 0 Å². The summed E-state index contributed by atoms with van der Waals surface area (Å²) in [5.41, 5.74) is 2.85. The van der Waals surface area contributed by atoms with E-state index >= 15 is 0 Å². The number of aryl methyl sites for hydroxylation is 1. The lowest BCUT2D eigenvalue weighted by atomic mass is 10.2. The summed E-state index contributed by atoms with van der Waals surface area (Å²) in [5.74, 6) is -0.857. The highest BCUT2D eigenvalue weighted by Crippen LogP contribution is 2.26. The summed E-state index contributed by atoms with van der Waals surface area (Å²) in [7, 11) is 0. The lowest BCUT2D eigenvalue weighted by Crippen LogP contribution is -2.24. The van der Waals surface area contributed by atoms with Crippen LogP contribution in [0.4, 0.5) is 11.4 Å². The largest absolute Gasteiger partial charge is 0.550 e. The number of para-hydroxylation sites is 1. The molecule has 150 valence electrons. The Labute approximate surface area is 165 Å². The van der Waals surface area contributed by atoms with Gasteiger partial charge in [-0.1, -0.05) is 25.1 Å². The molecule has 0 fully saturated rings. The summed E-state index contributed by atoms with van der Waals surface area (Å²) in [6.07, 6.45) is 0.774. The zero-order valence-electron chi connectivity index (χ0n) is 16.3. The van der Waals surface area contributed by atoms with Crippen LogP contribution in [-0.4, -0.2) is 18.2 Å². The summed E-state index contributed by atoms with van der Waals surface area (Å²) in [6.45, 7) is 3.80. The second kappa shape index (κ2) is 11.0. The summed E-state index contributed by atoms with van der Waals surface area (Å²) in [5, 5.41) is 13.7. The topological polar surface area (TPSA) is 87.7 Å². The Balaban J connectivity index is 1.87. The van der Waals surface area contributed by atoms with Gasteiger partial charge in [0.05, 0.1) is 0 Å². The van der Waals surface area contributed by atoms with Gasteiger partial charge in [0.15, 0.2) is 0 Å². The van der Waals surface area contributed by atoms with Gasteiger partial charge in [0, 0.05) is 30.2 Å². The highest BCUT2D eigenvalue weighted by atomic mass is 16.7. The lowest BCUT2D eigenvalue weighted by Gasteiger charge is -2.20. The van der Waals surface area contributed by atoms with Crippen LogP contribution >= 0.6 is 0 Å². The average Bonchev–Trinajstić information content (AvgIpc) is 2.67. The zero-order valence-corrected chi connectivity index (χ0v) is 16.3. The Morgan fingerprint density at radius 2 is 1.75 bits per heavy atom. The van der Waals surface area contributed by atoms with E-state index < -0.39 is 18.2 Å². The molecule has 2 aromatic rings. The number of rotatable bonds is 11. The number of carbonyl (C=O) groups is 2. The molecule has 1 atom stereocenters. The second-order valence-corrected chi connectivity index (χ2v) is 6.50. The Morgan fingerprint density at radius 3 is 2.39 bits per heavy atom. The molecule has 0 aliphatic heterocycles. The number of unbranched alkanes of at least 4 members (excludes halogenated alkanes) is 1. The third-order valence-corrected chi connectivity index (χ3v) is 4.10. The predicted octanol–water partition coefficient (Wildman–Crippen LogP) is 3.71. The summed E-state index contributed by atoms with van der Waals surface area (Å²) in [4.78, 5) is 22.3. The van der Waals surface area contributed by atoms with Crippen molar-refractivity contribution in [3.05, 3.63) is 54.1 Å². The van der Waals surface area contributed by atoms with Crippen molar-refractivity contribution in [2.75, 3.05) is 5.32 Å². The minimum Gasteiger partial charge on any atom is -0.550 e. The first kappa shape index (κ1) is 21.3. The smallest absolute Gasteiger partial charge is 0.308 e. The van der Waals surface area contributed by atoms with E-state index in [0.717, 1.165) is 16.9 Å². The molecule has 0 heterocycles. The van der Waals surface area contributed by atoms with Gasteiger partial charge in [-0.2, -0.15) is 0 Å². The standard InChI is InChI=1S/C22H27NO5/c1-3-22(28-21(26)12-8-7-11-20(24)25)27-19-14-13-18(15-16(19)2)23-17-9-5-4-6-10-17/h4-6,9-10,13-15,22-23H,3,7-8,11-12H2,1-2H3,(H,24,25)/p-1. The molecule has 28 heavy (non-hydrogen) atoms. The van der Waals surface area contributed by atoms with Crippen molar-refractivity contribution >= 4 is 23.3 Å². The van der Waals surface area contributed by atoms with Crippen molar-refractivity contribution in [2.24, 2.45) is 0 Å². The van der Waals surface area contributed by atoms with E-state index in [1.807, 2.05) is 62.4 Å². The maximum absolute atomic E-state index is 11.9. The number of nitrogens with one attached hydrogen (secondary N) is 1. The summed E-state index contributed by atoms with van der Waals surface area (Å²) in [6, 6.07) is 15.6. The first-order chi connectivity index (χ1) is 13.5. The molecule has 0 amide bonds. The summed E-state index contributed by atoms with van der Waals surface area (Å²) >= 11 is 0. The van der Waals surface area contributed by atoms with E-state index in [0.29, 0.717) is 25.0 Å². The minimum atomic E-state index is -1.11. The Morgan fingerprint density at radius 1 is 1.04 bits per heavy atom. The number of benzene rings is 2. The third-order valence-electron chi connectivity index (χ3n) is 4.10. The van der Waals surface area contributed by atoms with Crippen molar-refractivity contribution in [1.82, 2.24) is 0 Å². The minimum absolute atomic E-state index is 0.0520. The van der Waals surface area contributed by atoms with Gasteiger partial charge in [-0.05, 0) is 62.1 Å². The van der Waals surface area contributed by atoms with Gasteiger partial charge in [-0.25, -0.2) is 0 Å². The van der Waals surface area contributed by atoms with E-state index in [9.17, 15) is 14.7 Å². The van der Waals surface area contributed by atoms with Crippen molar-refractivity contribution < 1.29 is 24.2 Å². The van der Waals surface area contributed by atoms with Crippen LogP contribution in [0.25, 0.3) is 0 Å². The number of aliphatic carboxylic acids is 1. The predicted molar refractivity (Wildman–Crippen MR) is 105 cm³/mol. The maximum atomic E-state index is 11.9. The van der Waals surface area contributed by atoms with Gasteiger partial charge in [-0.3, -0.25) is 4.79 Å². The average molecular weight is 384 g/mol. The molecule has 2 aromatic carbocycles. The molecule has 0 spiro atoms. The molecule has 6 heteroatoms. The highest BCUT2D eigenvalue weighted by Gasteiger charge is 2.15. The van der Waals surface area contributed by atoms with Crippen LogP contribution in [0.2, 0.25) is 0 Å². The quantitative estimate of drug-likeness (QED) is 0.361. The molecule has 0 saturated carbocycles. The van der Waals surface area contributed by atoms with E-state index in [1.54, 1.807) is 0 Å². The molecule has 0 radical (unpaired) electrons. The van der Waals surface area contributed by atoms with Crippen LogP contribution in [0.5, 0.6) is 5.75 Å². The molecule has 0 aliphatic carbocycles. The number of carboxylic acid groups (broad SMARTS) is 1. The summed E-state index contributed by atoms with van der Waals surface area (Å²) < 4.78 is 11.2. The molecule has 0 aromatic heterocycles. The van der Waals surface area contributed by atoms with Crippen molar-refractivity contribution in [3.8, 4) is 5.75 Å². The van der Waals surface area contributed by atoms with Gasteiger partial charge in [0.2, 0.25) is 6.29 Å². The Hall–Kier alpha value is -3.02. The van der Waals surface area contributed by atoms with Crippen molar-refractivity contribution in [3.63, 3.8) is 0 Å². The van der Waals surface area contributed by atoms with Crippen LogP contribution in [0, 0.1) is 6.92 Å². The monoisotopic (exact) mass is 384 g/mol. The zero-order chi connectivity index (χ0) is 20.4. The molecule has 6 nitrogen and oxygen atoms in total. The number of hydrogen-bond acceptors (Lipinski definition) is 6. The number of anilines is 2. The van der Waals surface area contributed by atoms with Crippen LogP contribution in [-0.2, 0) is 14.3 Å². The van der Waals surface area contributed by atoms with Gasteiger partial charge in [0.1, 0.15) is 5.75 Å². The molecule has 1 unspecified atom stereocenters. The first-order valence-electron chi connectivity index (χ1n) is 9.46. The van der Waals surface area contributed by atoms with Gasteiger partial charge < -0.3 is 24.7 Å². The molecule has 0 bridgehead atoms. The van der Waals surface area contributed by atoms with Crippen LogP contribution in [0.1, 0.15) is 44.6 Å². The van der Waals surface area contributed by atoms with Crippen molar-refractivity contribution in [1.29, 1.82) is 0 Å². The number of esters is 1. The second-order valence-electron chi connectivity index (χ2n) is 6.50. The Kier molecular flexibility index (Phi) is 8.34. The van der Waals surface area contributed by atoms with E-state index in [-0.39, 0.29) is 12.8 Å². The lowest BCUT2D eigenvalue weighted by molar-refractivity contribution is -0.305. The molecular formula is C22H26NO5-. The number of carbonyl (C=O) groups excluding carboxylic acids is 2. The van der Waals surface area contributed by atoms with Crippen LogP contribution in [0.15, 0.2) is 48.5 Å². The molecule has 1 N–H and O–H groups in total. The van der Waals surface area contributed by atoms with E-state index in [4.69, 9.17) is 9.47 Å². The van der Waals surface area contributed by atoms with E-state index in [1.165, 1.54) is 0 Å². The molecule has 0 saturated heterocycles. The van der Waals surface area contributed by atoms with E-state index in [2.05, 4.69) is 5.32 Å². The SMILES string of the molecule is CCC(OC(=O)CCCCC(=O)[O-])Oc1ccc(Nc2ccccc2)cc1C. The molecule has 0 aliphatic rings. The molecular weight excluding hydrogens is 358 g/mol. The fourth-order valence-corrected chi connectivity index (χ4v) is 2.62. The molecule has 2 rings (SSSR count). The highest BCUT2D eigenvalue weighted by molar-refractivity contribution is 5.69. The fraction of sp³-hybridized carbons (Fsp3) is 0.364. The van der Waals surface area contributed by atoms with Gasteiger partial charge >= 0.3 is 5.97 Å². The maximum Gasteiger partial charge on any atom is 0.308 e. The Bertz CT molecular complexity index is 776. The number of ether oxygens (including phenoxy) is 2. The van der Waals surface area contributed by atoms with Gasteiger partial charge in [-0.15, -0.1) is 0 Å². The first-order valence-corrected chi connectivity index (χ1v) is 9.46. The fourth-order valence-electron chi connectivity index (χ4n) is 2.62.